The summed E-state index contributed by atoms with van der Waals surface area (Å²) in [6, 6.07) is 8.06. The quantitative estimate of drug-likeness (QED) is 0.498. The van der Waals surface area contributed by atoms with Crippen LogP contribution < -0.4 is 16.9 Å². The first kappa shape index (κ1) is 20.1. The van der Waals surface area contributed by atoms with Gasteiger partial charge in [0, 0.05) is 63.3 Å². The summed E-state index contributed by atoms with van der Waals surface area (Å²) < 4.78 is 0. The highest BCUT2D eigenvalue weighted by atomic mass is 15.4. The fourth-order valence-corrected chi connectivity index (χ4v) is 3.44. The Labute approximate surface area is 167 Å². The first-order valence-corrected chi connectivity index (χ1v) is 9.69. The molecule has 3 rings (SSSR count). The predicted molar refractivity (Wildman–Crippen MR) is 117 cm³/mol. The van der Waals surface area contributed by atoms with E-state index in [1.54, 1.807) is 13.2 Å². The highest BCUT2D eigenvalue weighted by Crippen LogP contribution is 2.21. The zero-order chi connectivity index (χ0) is 20.1. The van der Waals surface area contributed by atoms with E-state index in [1.807, 2.05) is 30.5 Å². The van der Waals surface area contributed by atoms with E-state index in [1.165, 1.54) is 5.01 Å². The van der Waals surface area contributed by atoms with Crippen LogP contribution in [0.15, 0.2) is 48.9 Å². The van der Waals surface area contributed by atoms with Crippen LogP contribution in [-0.4, -0.2) is 66.1 Å². The number of hydrogen-bond acceptors (Lipinski definition) is 7. The molecule has 7 nitrogen and oxygen atoms in total. The van der Waals surface area contributed by atoms with Gasteiger partial charge < -0.3 is 21.0 Å². The number of aromatic nitrogens is 1. The molecule has 0 bridgehead atoms. The molecule has 28 heavy (non-hydrogen) atoms. The summed E-state index contributed by atoms with van der Waals surface area (Å²) in [7, 11) is 1.74. The summed E-state index contributed by atoms with van der Waals surface area (Å²) in [5.41, 5.74) is 8.62. The molecule has 2 aromatic rings. The average molecular weight is 382 g/mol. The molecule has 7 heteroatoms. The third kappa shape index (κ3) is 5.22. The number of pyridine rings is 1. The van der Waals surface area contributed by atoms with Crippen LogP contribution in [-0.2, 0) is 0 Å². The maximum Gasteiger partial charge on any atom is 0.130 e. The van der Waals surface area contributed by atoms with Crippen LogP contribution in [0.1, 0.15) is 12.5 Å². The Kier molecular flexibility index (Phi) is 6.51. The lowest BCUT2D eigenvalue weighted by molar-refractivity contribution is 0.146. The summed E-state index contributed by atoms with van der Waals surface area (Å²) >= 11 is 0. The van der Waals surface area contributed by atoms with Gasteiger partial charge in [0.25, 0.3) is 0 Å². The molecule has 0 amide bonds. The summed E-state index contributed by atoms with van der Waals surface area (Å²) in [4.78, 5) is 9.41. The maximum atomic E-state index is 6.11. The smallest absolute Gasteiger partial charge is 0.130 e. The van der Waals surface area contributed by atoms with Crippen LogP contribution in [0.3, 0.4) is 0 Å². The molecule has 0 saturated carbocycles. The van der Waals surface area contributed by atoms with Crippen molar-refractivity contribution in [3.05, 3.63) is 54.5 Å². The van der Waals surface area contributed by atoms with E-state index >= 15 is 0 Å². The molecule has 1 aromatic heterocycles. The van der Waals surface area contributed by atoms with E-state index in [2.05, 4.69) is 33.6 Å². The second kappa shape index (κ2) is 9.05. The van der Waals surface area contributed by atoms with Gasteiger partial charge in [0.2, 0.25) is 0 Å². The SMILES string of the molecule is C=C(CN1CCN(CC)CC1)Nc1cc2cc(/C(N)=C/N(C)N)ccc2cn1. The Bertz CT molecular complexity index is 851. The predicted octanol–water partition coefficient (Wildman–Crippen LogP) is 1.86. The molecule has 1 aliphatic heterocycles. The highest BCUT2D eigenvalue weighted by Gasteiger charge is 2.16. The minimum absolute atomic E-state index is 0.619. The Morgan fingerprint density at radius 3 is 2.61 bits per heavy atom. The zero-order valence-electron chi connectivity index (χ0n) is 16.9. The number of nitrogens with one attached hydrogen (secondary N) is 1. The van der Waals surface area contributed by atoms with Crippen LogP contribution >= 0.6 is 0 Å². The third-order valence-electron chi connectivity index (χ3n) is 5.03. The standard InChI is InChI=1S/C21H31N7/c1-4-27-7-9-28(10-8-27)14-16(2)25-21-12-19-11-17(20(22)15-26(3)23)5-6-18(19)13-24-21/h5-6,11-13,15H,2,4,7-10,14,22-23H2,1,3H3,(H,24,25)/b20-15-. The van der Waals surface area contributed by atoms with Gasteiger partial charge in [-0.1, -0.05) is 25.6 Å². The molecule has 0 atom stereocenters. The van der Waals surface area contributed by atoms with Crippen molar-refractivity contribution in [2.75, 3.05) is 51.6 Å². The van der Waals surface area contributed by atoms with Crippen molar-refractivity contribution in [1.82, 2.24) is 19.8 Å². The summed E-state index contributed by atoms with van der Waals surface area (Å²) in [5, 5.41) is 6.93. The first-order chi connectivity index (χ1) is 13.4. The minimum Gasteiger partial charge on any atom is -0.397 e. The van der Waals surface area contributed by atoms with Crippen molar-refractivity contribution in [3.8, 4) is 0 Å². The van der Waals surface area contributed by atoms with Crippen molar-refractivity contribution in [3.63, 3.8) is 0 Å². The van der Waals surface area contributed by atoms with Crippen molar-refractivity contribution >= 4 is 22.3 Å². The van der Waals surface area contributed by atoms with Crippen molar-refractivity contribution in [2.45, 2.75) is 6.92 Å². The van der Waals surface area contributed by atoms with Gasteiger partial charge in [0.05, 0.1) is 5.70 Å². The van der Waals surface area contributed by atoms with Crippen LogP contribution in [0.5, 0.6) is 0 Å². The Morgan fingerprint density at radius 2 is 1.93 bits per heavy atom. The number of nitrogens with zero attached hydrogens (tertiary/aromatic N) is 4. The topological polar surface area (TPSA) is 86.7 Å². The fourth-order valence-electron chi connectivity index (χ4n) is 3.44. The number of fused-ring (bicyclic) bond motifs is 1. The molecule has 1 saturated heterocycles. The molecular weight excluding hydrogens is 350 g/mol. The molecule has 0 radical (unpaired) electrons. The molecule has 1 aliphatic rings. The monoisotopic (exact) mass is 381 g/mol. The number of anilines is 1. The number of piperazine rings is 1. The lowest BCUT2D eigenvalue weighted by Crippen LogP contribution is -2.46. The Morgan fingerprint density at radius 1 is 1.21 bits per heavy atom. The van der Waals surface area contributed by atoms with Gasteiger partial charge in [0.1, 0.15) is 5.82 Å². The normalized spacial score (nSPS) is 16.3. The van der Waals surface area contributed by atoms with E-state index in [-0.39, 0.29) is 0 Å². The molecule has 0 aliphatic carbocycles. The zero-order valence-corrected chi connectivity index (χ0v) is 16.9. The van der Waals surface area contributed by atoms with Gasteiger partial charge in [-0.2, -0.15) is 0 Å². The molecule has 1 aromatic carbocycles. The lowest BCUT2D eigenvalue weighted by Gasteiger charge is -2.34. The summed E-state index contributed by atoms with van der Waals surface area (Å²) in [5.74, 6) is 6.45. The third-order valence-corrected chi connectivity index (χ3v) is 5.03. The number of hydrogen-bond donors (Lipinski definition) is 3. The van der Waals surface area contributed by atoms with Crippen LogP contribution in [0.4, 0.5) is 5.82 Å². The maximum absolute atomic E-state index is 6.11. The van der Waals surface area contributed by atoms with Gasteiger partial charge in [-0.15, -0.1) is 0 Å². The molecule has 0 unspecified atom stereocenters. The average Bonchev–Trinajstić information content (AvgIpc) is 2.67. The second-order valence-electron chi connectivity index (χ2n) is 7.32. The van der Waals surface area contributed by atoms with E-state index < -0.39 is 0 Å². The minimum atomic E-state index is 0.619. The van der Waals surface area contributed by atoms with Crippen LogP contribution in [0.25, 0.3) is 16.5 Å². The summed E-state index contributed by atoms with van der Waals surface area (Å²) in [6.07, 6.45) is 3.56. The van der Waals surface area contributed by atoms with Gasteiger partial charge in [-0.25, -0.2) is 10.8 Å². The van der Waals surface area contributed by atoms with E-state index in [9.17, 15) is 0 Å². The molecular formula is C21H31N7. The molecule has 150 valence electrons. The first-order valence-electron chi connectivity index (χ1n) is 9.69. The molecule has 1 fully saturated rings. The number of likely N-dealkylation sites (N-methyl/N-ethyl adjacent to an activating group) is 1. The van der Waals surface area contributed by atoms with Gasteiger partial charge in [-0.3, -0.25) is 4.90 Å². The molecule has 5 N–H and O–H groups in total. The lowest BCUT2D eigenvalue weighted by atomic mass is 10.1. The Balaban J connectivity index is 1.67. The highest BCUT2D eigenvalue weighted by molar-refractivity contribution is 5.87. The van der Waals surface area contributed by atoms with Gasteiger partial charge >= 0.3 is 0 Å². The second-order valence-corrected chi connectivity index (χ2v) is 7.32. The fraction of sp³-hybridized carbons (Fsp3) is 0.381. The van der Waals surface area contributed by atoms with Crippen molar-refractivity contribution < 1.29 is 0 Å². The van der Waals surface area contributed by atoms with E-state index in [0.717, 1.165) is 67.1 Å². The number of nitrogens with two attached hydrogens (primary N) is 2. The van der Waals surface area contributed by atoms with Gasteiger partial charge in [0.15, 0.2) is 0 Å². The van der Waals surface area contributed by atoms with Crippen LogP contribution in [0.2, 0.25) is 0 Å². The summed E-state index contributed by atoms with van der Waals surface area (Å²) in [6.45, 7) is 12.7. The number of rotatable bonds is 7. The Hall–Kier alpha value is -2.61. The number of hydrazine groups is 1. The number of benzene rings is 1. The van der Waals surface area contributed by atoms with E-state index in [4.69, 9.17) is 11.6 Å². The van der Waals surface area contributed by atoms with Crippen LogP contribution in [0, 0.1) is 0 Å². The largest absolute Gasteiger partial charge is 0.397 e. The molecule has 0 spiro atoms. The van der Waals surface area contributed by atoms with Crippen molar-refractivity contribution in [2.24, 2.45) is 11.6 Å². The van der Waals surface area contributed by atoms with Gasteiger partial charge in [-0.05, 0) is 29.6 Å². The molecule has 2 heterocycles. The van der Waals surface area contributed by atoms with Crippen molar-refractivity contribution in [1.29, 1.82) is 0 Å². The van der Waals surface area contributed by atoms with E-state index in [0.29, 0.717) is 5.70 Å².